The lowest BCUT2D eigenvalue weighted by molar-refractivity contribution is 0.0476. The number of hydrogen-bond donors (Lipinski definition) is 1. The van der Waals surface area contributed by atoms with E-state index in [2.05, 4.69) is 9.71 Å². The van der Waals surface area contributed by atoms with Crippen molar-refractivity contribution >= 4 is 27.3 Å². The largest absolute Gasteiger partial charge is 0.495 e. The van der Waals surface area contributed by atoms with Crippen LogP contribution in [0.5, 0.6) is 5.75 Å². The number of benzene rings is 1. The van der Waals surface area contributed by atoms with Crippen LogP contribution in [0.4, 0.5) is 0 Å². The van der Waals surface area contributed by atoms with Gasteiger partial charge in [-0.25, -0.2) is 22.9 Å². The van der Waals surface area contributed by atoms with E-state index in [-0.39, 0.29) is 28.9 Å². The third-order valence-corrected chi connectivity index (χ3v) is 5.66. The molecule has 1 aromatic carbocycles. The Morgan fingerprint density at radius 3 is 2.64 bits per heavy atom. The van der Waals surface area contributed by atoms with E-state index in [4.69, 9.17) is 9.47 Å². The molecule has 0 aliphatic heterocycles. The van der Waals surface area contributed by atoms with Gasteiger partial charge in [-0.15, -0.1) is 11.3 Å². The van der Waals surface area contributed by atoms with Crippen LogP contribution in [-0.2, 0) is 21.4 Å². The zero-order valence-corrected chi connectivity index (χ0v) is 16.0. The smallest absolute Gasteiger partial charge is 0.338 e. The highest BCUT2D eigenvalue weighted by molar-refractivity contribution is 7.89. The second kappa shape index (κ2) is 7.94. The van der Waals surface area contributed by atoms with Crippen LogP contribution < -0.4 is 9.46 Å². The summed E-state index contributed by atoms with van der Waals surface area (Å²) in [5.74, 6) is -0.461. The van der Waals surface area contributed by atoms with Crippen molar-refractivity contribution in [2.24, 2.45) is 0 Å². The van der Waals surface area contributed by atoms with Crippen LogP contribution in [0.2, 0.25) is 0 Å². The number of methoxy groups -OCH3 is 1. The first-order valence-electron chi connectivity index (χ1n) is 7.51. The summed E-state index contributed by atoms with van der Waals surface area (Å²) in [6.45, 7) is 5.36. The first kappa shape index (κ1) is 19.4. The lowest BCUT2D eigenvalue weighted by Gasteiger charge is -2.14. The Hall–Kier alpha value is -1.97. The minimum absolute atomic E-state index is 0.0860. The van der Waals surface area contributed by atoms with E-state index in [1.165, 1.54) is 36.6 Å². The number of nitrogens with one attached hydrogen (secondary N) is 1. The summed E-state index contributed by atoms with van der Waals surface area (Å²) < 4.78 is 37.7. The van der Waals surface area contributed by atoms with Crippen LogP contribution in [0, 0.1) is 6.92 Å². The van der Waals surface area contributed by atoms with Crippen molar-refractivity contribution in [2.75, 3.05) is 7.11 Å². The fourth-order valence-corrected chi connectivity index (χ4v) is 4.23. The van der Waals surface area contributed by atoms with E-state index in [0.717, 1.165) is 9.88 Å². The number of rotatable bonds is 7. The second-order valence-corrected chi connectivity index (χ2v) is 8.57. The van der Waals surface area contributed by atoms with Gasteiger partial charge in [0.05, 0.1) is 22.6 Å². The summed E-state index contributed by atoms with van der Waals surface area (Å²) in [4.78, 5) is 17.0. The Morgan fingerprint density at radius 2 is 2.08 bits per heavy atom. The number of nitrogens with zero attached hydrogens (tertiary/aromatic N) is 1. The zero-order chi connectivity index (χ0) is 18.6. The fourth-order valence-electron chi connectivity index (χ4n) is 2.08. The zero-order valence-electron chi connectivity index (χ0n) is 14.4. The molecule has 0 spiro atoms. The maximum absolute atomic E-state index is 12.4. The Morgan fingerprint density at radius 1 is 1.36 bits per heavy atom. The minimum atomic E-state index is -3.81. The summed E-state index contributed by atoms with van der Waals surface area (Å²) in [7, 11) is -2.44. The topological polar surface area (TPSA) is 94.6 Å². The summed E-state index contributed by atoms with van der Waals surface area (Å²) in [6.07, 6.45) is 1.64. The van der Waals surface area contributed by atoms with Crippen LogP contribution in [-0.4, -0.2) is 32.5 Å². The molecule has 7 nitrogen and oxygen atoms in total. The van der Waals surface area contributed by atoms with Crippen LogP contribution >= 0.6 is 11.3 Å². The fraction of sp³-hybridized carbons (Fsp3) is 0.375. The predicted octanol–water partition coefficient (Wildman–Crippen LogP) is 2.50. The van der Waals surface area contributed by atoms with E-state index >= 15 is 0 Å². The highest BCUT2D eigenvalue weighted by atomic mass is 32.2. The molecule has 0 bridgehead atoms. The highest BCUT2D eigenvalue weighted by Gasteiger charge is 2.23. The standard InChI is InChI=1S/C16H20N2O5S2/c1-10(2)18-25(20,21)15-7-12(5-6-14(15)22-4)16(19)23-9-13-8-17-11(3)24-13/h5-8,10,18H,9H2,1-4H3. The van der Waals surface area contributed by atoms with Gasteiger partial charge in [0.25, 0.3) is 0 Å². The quantitative estimate of drug-likeness (QED) is 0.737. The molecule has 0 fully saturated rings. The van der Waals surface area contributed by atoms with Crippen LogP contribution in [0.1, 0.15) is 34.1 Å². The van der Waals surface area contributed by atoms with E-state index < -0.39 is 16.0 Å². The highest BCUT2D eigenvalue weighted by Crippen LogP contribution is 2.25. The molecule has 1 aromatic heterocycles. The van der Waals surface area contributed by atoms with E-state index in [1.807, 2.05) is 6.92 Å². The van der Waals surface area contributed by atoms with Gasteiger partial charge < -0.3 is 9.47 Å². The Bertz CT molecular complexity index is 859. The number of carbonyl (C=O) groups excluding carboxylic acids is 1. The molecule has 2 rings (SSSR count). The van der Waals surface area contributed by atoms with Crippen molar-refractivity contribution in [1.29, 1.82) is 0 Å². The summed E-state index contributed by atoms with van der Waals surface area (Å²) in [6, 6.07) is 3.86. The third kappa shape index (κ3) is 5.00. The maximum atomic E-state index is 12.4. The van der Waals surface area contributed by atoms with Gasteiger partial charge >= 0.3 is 5.97 Å². The maximum Gasteiger partial charge on any atom is 0.338 e. The van der Waals surface area contributed by atoms with Crippen molar-refractivity contribution in [3.63, 3.8) is 0 Å². The lowest BCUT2D eigenvalue weighted by atomic mass is 10.2. The van der Waals surface area contributed by atoms with Crippen molar-refractivity contribution in [1.82, 2.24) is 9.71 Å². The molecule has 0 unspecified atom stereocenters. The van der Waals surface area contributed by atoms with Gasteiger partial charge in [0.1, 0.15) is 17.3 Å². The molecule has 0 saturated heterocycles. The first-order valence-corrected chi connectivity index (χ1v) is 9.81. The third-order valence-electron chi connectivity index (χ3n) is 3.09. The van der Waals surface area contributed by atoms with Crippen LogP contribution in [0.25, 0.3) is 0 Å². The van der Waals surface area contributed by atoms with Crippen molar-refractivity contribution in [3.8, 4) is 5.75 Å². The molecular formula is C16H20N2O5S2. The Labute approximate surface area is 151 Å². The number of thiazole rings is 1. The molecule has 0 saturated carbocycles. The van der Waals surface area contributed by atoms with Gasteiger partial charge in [-0.3, -0.25) is 0 Å². The molecule has 0 aliphatic rings. The SMILES string of the molecule is COc1ccc(C(=O)OCc2cnc(C)s2)cc1S(=O)(=O)NC(C)C. The molecule has 0 amide bonds. The summed E-state index contributed by atoms with van der Waals surface area (Å²) >= 11 is 1.43. The van der Waals surface area contributed by atoms with Gasteiger partial charge in [0, 0.05) is 12.2 Å². The summed E-state index contributed by atoms with van der Waals surface area (Å²) in [5, 5.41) is 0.878. The molecule has 9 heteroatoms. The molecule has 1 heterocycles. The number of aromatic nitrogens is 1. The lowest BCUT2D eigenvalue weighted by Crippen LogP contribution is -2.30. The molecule has 0 atom stereocenters. The van der Waals surface area contributed by atoms with Gasteiger partial charge in [0.15, 0.2) is 0 Å². The number of ether oxygens (including phenoxy) is 2. The van der Waals surface area contributed by atoms with Gasteiger partial charge in [-0.05, 0) is 39.0 Å². The number of hydrogen-bond acceptors (Lipinski definition) is 7. The van der Waals surface area contributed by atoms with E-state index in [0.29, 0.717) is 0 Å². The molecule has 0 radical (unpaired) electrons. The molecule has 25 heavy (non-hydrogen) atoms. The number of carbonyl (C=O) groups is 1. The normalized spacial score (nSPS) is 11.6. The minimum Gasteiger partial charge on any atom is -0.495 e. The van der Waals surface area contributed by atoms with Crippen LogP contribution in [0.15, 0.2) is 29.3 Å². The molecule has 1 N–H and O–H groups in total. The van der Waals surface area contributed by atoms with Crippen molar-refractivity contribution < 1.29 is 22.7 Å². The van der Waals surface area contributed by atoms with Gasteiger partial charge in [-0.2, -0.15) is 0 Å². The molecule has 136 valence electrons. The van der Waals surface area contributed by atoms with E-state index in [1.54, 1.807) is 20.0 Å². The van der Waals surface area contributed by atoms with Gasteiger partial charge in [0.2, 0.25) is 10.0 Å². The molecule has 0 aliphatic carbocycles. The summed E-state index contributed by atoms with van der Waals surface area (Å²) in [5.41, 5.74) is 0.131. The average molecular weight is 384 g/mol. The number of aryl methyl sites for hydroxylation is 1. The van der Waals surface area contributed by atoms with Crippen molar-refractivity contribution in [2.45, 2.75) is 38.3 Å². The molecular weight excluding hydrogens is 364 g/mol. The van der Waals surface area contributed by atoms with E-state index in [9.17, 15) is 13.2 Å². The Balaban J connectivity index is 2.24. The number of sulfonamides is 1. The average Bonchev–Trinajstić information content (AvgIpc) is 2.96. The monoisotopic (exact) mass is 384 g/mol. The predicted molar refractivity (Wildman–Crippen MR) is 94.4 cm³/mol. The molecule has 2 aromatic rings. The van der Waals surface area contributed by atoms with Crippen molar-refractivity contribution in [3.05, 3.63) is 39.8 Å². The van der Waals surface area contributed by atoms with Crippen LogP contribution in [0.3, 0.4) is 0 Å². The first-order chi connectivity index (χ1) is 11.7. The second-order valence-electron chi connectivity index (χ2n) is 5.56. The Kier molecular flexibility index (Phi) is 6.15. The van der Waals surface area contributed by atoms with Gasteiger partial charge in [-0.1, -0.05) is 0 Å². The number of esters is 1.